The maximum absolute atomic E-state index is 12.0. The SMILES string of the molecule is Cc1nnnn1CCC(=O)N(C)CCN1CCCC1. The number of rotatable bonds is 6. The zero-order valence-electron chi connectivity index (χ0n) is 11.7. The lowest BCUT2D eigenvalue weighted by atomic mass is 10.3. The number of tetrazole rings is 1. The largest absolute Gasteiger partial charge is 0.344 e. The van der Waals surface area contributed by atoms with Crippen LogP contribution in [-0.4, -0.2) is 69.1 Å². The highest BCUT2D eigenvalue weighted by molar-refractivity contribution is 5.75. The molecule has 0 saturated carbocycles. The molecule has 7 nitrogen and oxygen atoms in total. The predicted molar refractivity (Wildman–Crippen MR) is 70.5 cm³/mol. The number of carbonyl (C=O) groups excluding carboxylic acids is 1. The molecule has 0 spiro atoms. The van der Waals surface area contributed by atoms with Gasteiger partial charge in [-0.1, -0.05) is 0 Å². The molecular formula is C12H22N6O. The Morgan fingerprint density at radius 1 is 1.32 bits per heavy atom. The van der Waals surface area contributed by atoms with Crippen LogP contribution in [0, 0.1) is 6.92 Å². The van der Waals surface area contributed by atoms with Gasteiger partial charge >= 0.3 is 0 Å². The van der Waals surface area contributed by atoms with Gasteiger partial charge in [0.25, 0.3) is 0 Å². The first-order valence-corrected chi connectivity index (χ1v) is 6.86. The van der Waals surface area contributed by atoms with Crippen molar-refractivity contribution in [3.05, 3.63) is 5.82 Å². The van der Waals surface area contributed by atoms with Crippen molar-refractivity contribution in [3.63, 3.8) is 0 Å². The Morgan fingerprint density at radius 3 is 2.68 bits per heavy atom. The molecule has 106 valence electrons. The Morgan fingerprint density at radius 2 is 2.05 bits per heavy atom. The monoisotopic (exact) mass is 266 g/mol. The van der Waals surface area contributed by atoms with Crippen LogP contribution in [0.1, 0.15) is 25.1 Å². The lowest BCUT2D eigenvalue weighted by Gasteiger charge is -2.21. The van der Waals surface area contributed by atoms with E-state index in [0.29, 0.717) is 13.0 Å². The van der Waals surface area contributed by atoms with E-state index in [2.05, 4.69) is 20.4 Å². The van der Waals surface area contributed by atoms with Crippen molar-refractivity contribution in [2.45, 2.75) is 32.7 Å². The van der Waals surface area contributed by atoms with Gasteiger partial charge < -0.3 is 9.80 Å². The van der Waals surface area contributed by atoms with E-state index in [-0.39, 0.29) is 5.91 Å². The minimum atomic E-state index is 0.147. The lowest BCUT2D eigenvalue weighted by molar-refractivity contribution is -0.130. The van der Waals surface area contributed by atoms with E-state index in [1.165, 1.54) is 25.9 Å². The second-order valence-corrected chi connectivity index (χ2v) is 5.06. The Hall–Kier alpha value is -1.50. The van der Waals surface area contributed by atoms with Crippen LogP contribution in [0.2, 0.25) is 0 Å². The molecule has 2 heterocycles. The summed E-state index contributed by atoms with van der Waals surface area (Å²) in [5, 5.41) is 11.2. The van der Waals surface area contributed by atoms with E-state index < -0.39 is 0 Å². The van der Waals surface area contributed by atoms with Gasteiger partial charge in [-0.05, 0) is 43.3 Å². The van der Waals surface area contributed by atoms with Gasteiger partial charge in [-0.15, -0.1) is 5.10 Å². The molecule has 0 aliphatic carbocycles. The molecule has 1 amide bonds. The number of hydrogen-bond acceptors (Lipinski definition) is 5. The van der Waals surface area contributed by atoms with Crippen molar-refractivity contribution in [2.75, 3.05) is 33.2 Å². The topological polar surface area (TPSA) is 67.2 Å². The summed E-state index contributed by atoms with van der Waals surface area (Å²) in [5.74, 6) is 0.890. The highest BCUT2D eigenvalue weighted by atomic mass is 16.2. The second kappa shape index (κ2) is 6.60. The average Bonchev–Trinajstić information content (AvgIpc) is 3.04. The van der Waals surface area contributed by atoms with Gasteiger partial charge in [-0.3, -0.25) is 4.79 Å². The molecule has 0 bridgehead atoms. The molecule has 1 aliphatic heterocycles. The first-order chi connectivity index (χ1) is 9.16. The molecule has 0 radical (unpaired) electrons. The van der Waals surface area contributed by atoms with E-state index in [0.717, 1.165) is 18.9 Å². The number of hydrogen-bond donors (Lipinski definition) is 0. The summed E-state index contributed by atoms with van der Waals surface area (Å²) in [4.78, 5) is 16.2. The summed E-state index contributed by atoms with van der Waals surface area (Å²) in [6.07, 6.45) is 3.02. The molecule has 0 unspecified atom stereocenters. The van der Waals surface area contributed by atoms with Gasteiger partial charge in [0.1, 0.15) is 5.82 Å². The van der Waals surface area contributed by atoms with E-state index in [1.54, 1.807) is 9.58 Å². The Bertz CT molecular complexity index is 412. The molecule has 1 fully saturated rings. The lowest BCUT2D eigenvalue weighted by Crippen LogP contribution is -2.35. The van der Waals surface area contributed by atoms with Gasteiger partial charge in [-0.25, -0.2) is 4.68 Å². The van der Waals surface area contributed by atoms with Crippen LogP contribution in [0.3, 0.4) is 0 Å². The molecule has 1 aromatic rings. The predicted octanol–water partition coefficient (Wildman–Crippen LogP) is -0.0742. The maximum Gasteiger partial charge on any atom is 0.224 e. The van der Waals surface area contributed by atoms with Crippen LogP contribution < -0.4 is 0 Å². The second-order valence-electron chi connectivity index (χ2n) is 5.06. The van der Waals surface area contributed by atoms with Crippen molar-refractivity contribution in [1.29, 1.82) is 0 Å². The zero-order chi connectivity index (χ0) is 13.7. The minimum absolute atomic E-state index is 0.147. The van der Waals surface area contributed by atoms with Gasteiger partial charge in [0.2, 0.25) is 5.91 Å². The standard InChI is InChI=1S/C12H22N6O/c1-11-13-14-15-18(11)8-5-12(19)16(2)9-10-17-6-3-4-7-17/h3-10H2,1-2H3. The highest BCUT2D eigenvalue weighted by Crippen LogP contribution is 2.06. The summed E-state index contributed by atoms with van der Waals surface area (Å²) in [7, 11) is 1.87. The quantitative estimate of drug-likeness (QED) is 0.721. The Labute approximate surface area is 113 Å². The maximum atomic E-state index is 12.0. The van der Waals surface area contributed by atoms with Crippen molar-refractivity contribution >= 4 is 5.91 Å². The van der Waals surface area contributed by atoms with Gasteiger partial charge in [0.15, 0.2) is 0 Å². The van der Waals surface area contributed by atoms with Gasteiger partial charge in [0, 0.05) is 26.6 Å². The van der Waals surface area contributed by atoms with Gasteiger partial charge in [0.05, 0.1) is 6.54 Å². The van der Waals surface area contributed by atoms with Crippen molar-refractivity contribution < 1.29 is 4.79 Å². The van der Waals surface area contributed by atoms with E-state index in [1.807, 2.05) is 14.0 Å². The van der Waals surface area contributed by atoms with E-state index >= 15 is 0 Å². The molecule has 0 atom stereocenters. The fourth-order valence-corrected chi connectivity index (χ4v) is 2.27. The molecular weight excluding hydrogens is 244 g/mol. The van der Waals surface area contributed by atoms with Crippen LogP contribution in [-0.2, 0) is 11.3 Å². The third-order valence-corrected chi connectivity index (χ3v) is 3.62. The first kappa shape index (κ1) is 13.9. The fourth-order valence-electron chi connectivity index (χ4n) is 2.27. The normalized spacial score (nSPS) is 15.9. The van der Waals surface area contributed by atoms with Crippen molar-refractivity contribution in [2.24, 2.45) is 0 Å². The Balaban J connectivity index is 1.68. The van der Waals surface area contributed by atoms with Crippen molar-refractivity contribution in [1.82, 2.24) is 30.0 Å². The molecule has 0 aromatic carbocycles. The number of carbonyl (C=O) groups is 1. The first-order valence-electron chi connectivity index (χ1n) is 6.86. The van der Waals surface area contributed by atoms with Crippen LogP contribution in [0.25, 0.3) is 0 Å². The van der Waals surface area contributed by atoms with E-state index in [4.69, 9.17) is 0 Å². The minimum Gasteiger partial charge on any atom is -0.344 e. The Kier molecular flexibility index (Phi) is 4.84. The van der Waals surface area contributed by atoms with Crippen LogP contribution in [0.15, 0.2) is 0 Å². The number of likely N-dealkylation sites (tertiary alicyclic amines) is 1. The van der Waals surface area contributed by atoms with Crippen LogP contribution in [0.4, 0.5) is 0 Å². The summed E-state index contributed by atoms with van der Waals surface area (Å²) < 4.78 is 1.66. The van der Waals surface area contributed by atoms with Crippen molar-refractivity contribution in [3.8, 4) is 0 Å². The third kappa shape index (κ3) is 3.99. The molecule has 1 saturated heterocycles. The van der Waals surface area contributed by atoms with E-state index in [9.17, 15) is 4.79 Å². The molecule has 0 N–H and O–H groups in total. The number of aromatic nitrogens is 4. The summed E-state index contributed by atoms with van der Waals surface area (Å²) in [5.41, 5.74) is 0. The van der Waals surface area contributed by atoms with Gasteiger partial charge in [-0.2, -0.15) is 0 Å². The third-order valence-electron chi connectivity index (χ3n) is 3.62. The van der Waals surface area contributed by atoms with Crippen LogP contribution >= 0.6 is 0 Å². The average molecular weight is 266 g/mol. The number of nitrogens with zero attached hydrogens (tertiary/aromatic N) is 6. The summed E-state index contributed by atoms with van der Waals surface area (Å²) in [6.45, 7) is 6.50. The van der Waals surface area contributed by atoms with Crippen LogP contribution in [0.5, 0.6) is 0 Å². The molecule has 1 aromatic heterocycles. The number of likely N-dealkylation sites (N-methyl/N-ethyl adjacent to an activating group) is 1. The number of aryl methyl sites for hydroxylation is 2. The molecule has 2 rings (SSSR count). The smallest absolute Gasteiger partial charge is 0.224 e. The summed E-state index contributed by atoms with van der Waals surface area (Å²) in [6, 6.07) is 0. The molecule has 1 aliphatic rings. The number of amides is 1. The molecule has 7 heteroatoms. The summed E-state index contributed by atoms with van der Waals surface area (Å²) >= 11 is 0. The zero-order valence-corrected chi connectivity index (χ0v) is 11.7. The fraction of sp³-hybridized carbons (Fsp3) is 0.833. The highest BCUT2D eigenvalue weighted by Gasteiger charge is 2.14. The molecule has 19 heavy (non-hydrogen) atoms.